The molecule has 0 saturated carbocycles. The molecule has 0 bridgehead atoms. The van der Waals surface area contributed by atoms with E-state index in [2.05, 4.69) is 109 Å². The van der Waals surface area contributed by atoms with E-state index in [0.717, 1.165) is 0 Å². The lowest BCUT2D eigenvalue weighted by Crippen LogP contribution is -2.21. The third-order valence-corrected chi connectivity index (χ3v) is 8.02. The van der Waals surface area contributed by atoms with Gasteiger partial charge in [-0.25, -0.2) is 0 Å². The zero-order valence-corrected chi connectivity index (χ0v) is 18.9. The number of aryl methyl sites for hydroxylation is 1. The van der Waals surface area contributed by atoms with Crippen molar-refractivity contribution in [2.24, 2.45) is 13.0 Å². The molecule has 2 aromatic heterocycles. The third-order valence-electron chi connectivity index (χ3n) is 8.02. The number of nitrogens with zero attached hydrogens (tertiary/aromatic N) is 2. The Bertz CT molecular complexity index is 1780. The van der Waals surface area contributed by atoms with Gasteiger partial charge < -0.3 is 4.57 Å². The quantitative estimate of drug-likeness (QED) is 0.269. The molecule has 3 aromatic carbocycles. The van der Waals surface area contributed by atoms with Gasteiger partial charge in [0, 0.05) is 52.4 Å². The molecule has 5 aromatic rings. The molecule has 160 valence electrons. The first-order valence-corrected chi connectivity index (χ1v) is 12.0. The summed E-state index contributed by atoms with van der Waals surface area (Å²) in [5.74, 6) is 0.580. The largest absolute Gasteiger partial charge is 0.344 e. The van der Waals surface area contributed by atoms with E-state index in [-0.39, 0.29) is 5.92 Å². The van der Waals surface area contributed by atoms with Crippen molar-refractivity contribution in [1.29, 1.82) is 0 Å². The van der Waals surface area contributed by atoms with Crippen LogP contribution in [0.2, 0.25) is 0 Å². The van der Waals surface area contributed by atoms with Crippen molar-refractivity contribution in [3.05, 3.63) is 131 Å². The van der Waals surface area contributed by atoms with Gasteiger partial charge in [0.2, 0.25) is 0 Å². The van der Waals surface area contributed by atoms with E-state index in [1.807, 2.05) is 6.20 Å². The Morgan fingerprint density at radius 3 is 2.59 bits per heavy atom. The molecule has 2 unspecified atom stereocenters. The van der Waals surface area contributed by atoms with Gasteiger partial charge in [0.25, 0.3) is 0 Å². The Labute approximate surface area is 198 Å². The van der Waals surface area contributed by atoms with Crippen LogP contribution in [0.25, 0.3) is 38.5 Å². The van der Waals surface area contributed by atoms with E-state index < -0.39 is 0 Å². The van der Waals surface area contributed by atoms with Crippen LogP contribution >= 0.6 is 0 Å². The minimum absolute atomic E-state index is 0.281. The summed E-state index contributed by atoms with van der Waals surface area (Å²) in [6.45, 7) is 0. The number of hydrogen-bond donors (Lipinski definition) is 0. The maximum absolute atomic E-state index is 4.88. The lowest BCUT2D eigenvalue weighted by atomic mass is 9.69. The van der Waals surface area contributed by atoms with E-state index in [0.29, 0.717) is 5.92 Å². The molecule has 0 spiro atoms. The van der Waals surface area contributed by atoms with E-state index in [9.17, 15) is 0 Å². The standard InChI is InChI=1S/C32H22N2/c1-34-27-14-5-4-8-20(27)26-18-19(15-16-28(26)34)29-21-9-2-3-10-22(21)31-30-23(11-6-12-25(29)30)24-13-7-17-33-32(24)31/h2-18,22,31H,1H3. The van der Waals surface area contributed by atoms with Gasteiger partial charge in [0.15, 0.2) is 0 Å². The van der Waals surface area contributed by atoms with E-state index in [4.69, 9.17) is 4.98 Å². The SMILES string of the molecule is Cn1c2ccccc2c2cc(C3=C4C=CC=CC4C4c5ncccc5-c5cccc3c54)ccc21. The smallest absolute Gasteiger partial charge is 0.0566 e. The van der Waals surface area contributed by atoms with Crippen LogP contribution in [0.5, 0.6) is 0 Å². The summed E-state index contributed by atoms with van der Waals surface area (Å²) in [6, 6.07) is 26.8. The molecule has 0 amide bonds. The van der Waals surface area contributed by atoms with Gasteiger partial charge in [-0.2, -0.15) is 0 Å². The minimum atomic E-state index is 0.281. The second kappa shape index (κ2) is 6.45. The third kappa shape index (κ3) is 2.18. The van der Waals surface area contributed by atoms with Gasteiger partial charge in [0.05, 0.1) is 5.69 Å². The predicted octanol–water partition coefficient (Wildman–Crippen LogP) is 7.40. The Morgan fingerprint density at radius 2 is 1.62 bits per heavy atom. The van der Waals surface area contributed by atoms with Crippen LogP contribution in [0.1, 0.15) is 28.3 Å². The molecule has 0 radical (unpaired) electrons. The Balaban J connectivity index is 1.46. The molecule has 0 saturated heterocycles. The average molecular weight is 435 g/mol. The van der Waals surface area contributed by atoms with Crippen molar-refractivity contribution < 1.29 is 0 Å². The molecule has 2 nitrogen and oxygen atoms in total. The number of pyridine rings is 1. The highest BCUT2D eigenvalue weighted by atomic mass is 14.9. The first-order valence-electron chi connectivity index (χ1n) is 12.0. The lowest BCUT2D eigenvalue weighted by Gasteiger charge is -2.34. The van der Waals surface area contributed by atoms with Crippen LogP contribution < -0.4 is 0 Å². The maximum atomic E-state index is 4.88. The molecule has 2 atom stereocenters. The van der Waals surface area contributed by atoms with Gasteiger partial charge in [-0.05, 0) is 57.7 Å². The first-order chi connectivity index (χ1) is 16.8. The Morgan fingerprint density at radius 1 is 0.765 bits per heavy atom. The summed E-state index contributed by atoms with van der Waals surface area (Å²) in [4.78, 5) is 4.88. The molecule has 3 aliphatic rings. The van der Waals surface area contributed by atoms with Crippen molar-refractivity contribution >= 4 is 27.4 Å². The Kier molecular flexibility index (Phi) is 3.47. The Hall–Kier alpha value is -4.17. The van der Waals surface area contributed by atoms with Crippen LogP contribution in [-0.2, 0) is 7.05 Å². The maximum Gasteiger partial charge on any atom is 0.0566 e. The fourth-order valence-electron chi connectivity index (χ4n) is 6.63. The normalized spacial score (nSPS) is 19.6. The second-order valence-electron chi connectivity index (χ2n) is 9.59. The summed E-state index contributed by atoms with van der Waals surface area (Å²) in [5.41, 5.74) is 13.2. The molecule has 0 N–H and O–H groups in total. The van der Waals surface area contributed by atoms with Gasteiger partial charge in [-0.1, -0.05) is 72.8 Å². The van der Waals surface area contributed by atoms with Crippen molar-refractivity contribution in [2.45, 2.75) is 5.92 Å². The van der Waals surface area contributed by atoms with Gasteiger partial charge >= 0.3 is 0 Å². The molecule has 8 rings (SSSR count). The monoisotopic (exact) mass is 434 g/mol. The zero-order valence-electron chi connectivity index (χ0n) is 18.9. The molecule has 2 heteroatoms. The molecule has 3 aliphatic carbocycles. The summed E-state index contributed by atoms with van der Waals surface area (Å²) in [5, 5.41) is 2.63. The summed E-state index contributed by atoms with van der Waals surface area (Å²) < 4.78 is 2.30. The number of para-hydroxylation sites is 1. The van der Waals surface area contributed by atoms with Crippen LogP contribution in [0.4, 0.5) is 0 Å². The van der Waals surface area contributed by atoms with Crippen LogP contribution in [-0.4, -0.2) is 9.55 Å². The highest BCUT2D eigenvalue weighted by Gasteiger charge is 2.42. The summed E-state index contributed by atoms with van der Waals surface area (Å²) >= 11 is 0. The van der Waals surface area contributed by atoms with Crippen molar-refractivity contribution in [2.75, 3.05) is 0 Å². The van der Waals surface area contributed by atoms with Crippen LogP contribution in [0.15, 0.2) is 109 Å². The fourth-order valence-corrected chi connectivity index (χ4v) is 6.63. The molecule has 0 aliphatic heterocycles. The second-order valence-corrected chi connectivity index (χ2v) is 9.59. The highest BCUT2D eigenvalue weighted by Crippen LogP contribution is 2.57. The molecule has 0 fully saturated rings. The first kappa shape index (κ1) is 18.3. The van der Waals surface area contributed by atoms with E-state index in [1.54, 1.807) is 0 Å². The number of benzene rings is 3. The highest BCUT2D eigenvalue weighted by molar-refractivity contribution is 6.09. The predicted molar refractivity (Wildman–Crippen MR) is 140 cm³/mol. The van der Waals surface area contributed by atoms with Gasteiger partial charge in [-0.15, -0.1) is 0 Å². The summed E-state index contributed by atoms with van der Waals surface area (Å²) in [7, 11) is 2.16. The van der Waals surface area contributed by atoms with Crippen molar-refractivity contribution in [3.8, 4) is 11.1 Å². The number of allylic oxidation sites excluding steroid dienone is 5. The molecular weight excluding hydrogens is 412 g/mol. The van der Waals surface area contributed by atoms with Crippen molar-refractivity contribution in [3.63, 3.8) is 0 Å². The number of rotatable bonds is 1. The topological polar surface area (TPSA) is 17.8 Å². The van der Waals surface area contributed by atoms with Gasteiger partial charge in [-0.3, -0.25) is 4.98 Å². The number of hydrogen-bond acceptors (Lipinski definition) is 1. The van der Waals surface area contributed by atoms with Crippen LogP contribution in [0, 0.1) is 5.92 Å². The molecule has 34 heavy (non-hydrogen) atoms. The van der Waals surface area contributed by atoms with E-state index >= 15 is 0 Å². The van der Waals surface area contributed by atoms with Crippen LogP contribution in [0.3, 0.4) is 0 Å². The molecular formula is C32H22N2. The van der Waals surface area contributed by atoms with Crippen molar-refractivity contribution in [1.82, 2.24) is 9.55 Å². The average Bonchev–Trinajstić information content (AvgIpc) is 3.38. The van der Waals surface area contributed by atoms with Gasteiger partial charge in [0.1, 0.15) is 0 Å². The number of fused-ring (bicyclic) bond motifs is 8. The zero-order chi connectivity index (χ0) is 22.4. The fraction of sp³-hybridized carbons (Fsp3) is 0.0938. The lowest BCUT2D eigenvalue weighted by molar-refractivity contribution is 0.647. The summed E-state index contributed by atoms with van der Waals surface area (Å²) in [6.07, 6.45) is 11.0. The number of aromatic nitrogens is 2. The molecule has 2 heterocycles. The van der Waals surface area contributed by atoms with E-state index in [1.165, 1.54) is 66.5 Å². The minimum Gasteiger partial charge on any atom is -0.344 e.